The van der Waals surface area contributed by atoms with Crippen LogP contribution < -0.4 is 17.0 Å². The first-order valence-electron chi connectivity index (χ1n) is 11.6. The van der Waals surface area contributed by atoms with Crippen LogP contribution in [0.1, 0.15) is 28.5 Å². The van der Waals surface area contributed by atoms with Gasteiger partial charge in [-0.15, -0.1) is 5.10 Å². The molecule has 9 nitrogen and oxygen atoms in total. The van der Waals surface area contributed by atoms with Gasteiger partial charge in [-0.2, -0.15) is 0 Å². The standard InChI is InChI=1S/C21H19NO2.C7H7N5O/c1-3-18-15-17-10-7-9-16(11-8-14-24-2)20(17)21(23)22(18)19-12-5-4-6-13-19;8-5-4(6(9)13)7-10-2-1-3-12(7)11-5/h4-7,9-10,12-13,15H,3,14H2,1-2H3;1-3H,(H2,8,11)(H2,9,13). The van der Waals surface area contributed by atoms with E-state index in [4.69, 9.17) is 16.2 Å². The van der Waals surface area contributed by atoms with Gasteiger partial charge in [0.25, 0.3) is 11.5 Å². The number of nitrogen functional groups attached to an aromatic ring is 1. The van der Waals surface area contributed by atoms with Crippen molar-refractivity contribution in [2.45, 2.75) is 13.3 Å². The SMILES string of the molecule is CCc1cc2cccc(C#CCOC)c2c(=O)n1-c1ccccc1.NC(=O)c1c(N)nn2cccnc12. The van der Waals surface area contributed by atoms with Crippen LogP contribution >= 0.6 is 0 Å². The van der Waals surface area contributed by atoms with E-state index in [0.29, 0.717) is 17.6 Å². The van der Waals surface area contributed by atoms with Crippen molar-refractivity contribution in [2.75, 3.05) is 19.5 Å². The topological polar surface area (TPSA) is 131 Å². The maximum atomic E-state index is 13.2. The molecular weight excluding hydrogens is 468 g/mol. The summed E-state index contributed by atoms with van der Waals surface area (Å²) < 4.78 is 8.17. The summed E-state index contributed by atoms with van der Waals surface area (Å²) in [7, 11) is 1.60. The number of ether oxygens (including phenoxy) is 1. The van der Waals surface area contributed by atoms with E-state index in [-0.39, 0.29) is 16.9 Å². The number of carbonyl (C=O) groups excluding carboxylic acids is 1. The monoisotopic (exact) mass is 494 g/mol. The number of pyridine rings is 1. The first-order valence-corrected chi connectivity index (χ1v) is 11.6. The van der Waals surface area contributed by atoms with Crippen LogP contribution in [0.2, 0.25) is 0 Å². The van der Waals surface area contributed by atoms with Crippen LogP contribution in [0.15, 0.2) is 77.9 Å². The molecule has 4 N–H and O–H groups in total. The molecule has 0 bridgehead atoms. The summed E-state index contributed by atoms with van der Waals surface area (Å²) in [5.41, 5.74) is 13.7. The number of nitrogens with two attached hydrogens (primary N) is 2. The zero-order valence-electron chi connectivity index (χ0n) is 20.5. The van der Waals surface area contributed by atoms with Gasteiger partial charge in [-0.25, -0.2) is 9.50 Å². The first-order chi connectivity index (χ1) is 18.0. The highest BCUT2D eigenvalue weighted by Gasteiger charge is 2.15. The second-order valence-corrected chi connectivity index (χ2v) is 7.98. The van der Waals surface area contributed by atoms with E-state index in [2.05, 4.69) is 34.9 Å². The van der Waals surface area contributed by atoms with Crippen LogP contribution in [0.4, 0.5) is 5.82 Å². The van der Waals surface area contributed by atoms with Crippen molar-refractivity contribution in [3.05, 3.63) is 100 Å². The molecule has 0 radical (unpaired) electrons. The molecule has 0 aliphatic rings. The highest BCUT2D eigenvalue weighted by atomic mass is 16.5. The van der Waals surface area contributed by atoms with Crippen LogP contribution in [-0.4, -0.2) is 38.8 Å². The summed E-state index contributed by atoms with van der Waals surface area (Å²) in [5, 5.41) is 5.44. The second-order valence-electron chi connectivity index (χ2n) is 7.98. The molecule has 1 amide bonds. The highest BCUT2D eigenvalue weighted by molar-refractivity contribution is 6.03. The lowest BCUT2D eigenvalue weighted by Gasteiger charge is -2.14. The normalized spacial score (nSPS) is 10.4. The lowest BCUT2D eigenvalue weighted by Crippen LogP contribution is -2.22. The summed E-state index contributed by atoms with van der Waals surface area (Å²) in [6.07, 6.45) is 3.97. The van der Waals surface area contributed by atoms with E-state index in [1.54, 1.807) is 30.1 Å². The number of amides is 1. The van der Waals surface area contributed by atoms with Crippen molar-refractivity contribution in [2.24, 2.45) is 5.73 Å². The molecule has 5 aromatic rings. The van der Waals surface area contributed by atoms with Gasteiger partial charge in [0.2, 0.25) is 0 Å². The molecule has 37 heavy (non-hydrogen) atoms. The van der Waals surface area contributed by atoms with Gasteiger partial charge in [-0.3, -0.25) is 14.2 Å². The van der Waals surface area contributed by atoms with Gasteiger partial charge in [0.15, 0.2) is 11.5 Å². The number of rotatable bonds is 4. The fourth-order valence-electron chi connectivity index (χ4n) is 3.98. The van der Waals surface area contributed by atoms with Gasteiger partial charge < -0.3 is 16.2 Å². The van der Waals surface area contributed by atoms with Gasteiger partial charge in [0, 0.05) is 36.4 Å². The van der Waals surface area contributed by atoms with Crippen LogP contribution in [0.3, 0.4) is 0 Å². The predicted molar refractivity (Wildman–Crippen MR) is 144 cm³/mol. The number of methoxy groups -OCH3 is 1. The molecule has 186 valence electrons. The third kappa shape index (κ3) is 5.19. The number of hydrogen-bond acceptors (Lipinski definition) is 6. The van der Waals surface area contributed by atoms with Crippen LogP contribution in [-0.2, 0) is 11.2 Å². The number of primary amides is 1. The van der Waals surface area contributed by atoms with Crippen LogP contribution in [0.5, 0.6) is 0 Å². The highest BCUT2D eigenvalue weighted by Crippen LogP contribution is 2.19. The van der Waals surface area contributed by atoms with Gasteiger partial charge in [-0.1, -0.05) is 49.1 Å². The molecular formula is C28H26N6O3. The molecule has 2 aromatic carbocycles. The number of benzene rings is 2. The first kappa shape index (κ1) is 25.2. The van der Waals surface area contributed by atoms with Gasteiger partial charge in [-0.05, 0) is 42.1 Å². The molecule has 0 unspecified atom stereocenters. The number of para-hydroxylation sites is 1. The molecule has 5 rings (SSSR count). The molecule has 0 atom stereocenters. The summed E-state index contributed by atoms with van der Waals surface area (Å²) in [6.45, 7) is 2.40. The van der Waals surface area contributed by atoms with Crippen molar-refractivity contribution in [3.63, 3.8) is 0 Å². The molecule has 0 aliphatic carbocycles. The van der Waals surface area contributed by atoms with Crippen molar-refractivity contribution in [3.8, 4) is 17.5 Å². The number of anilines is 1. The van der Waals surface area contributed by atoms with Gasteiger partial charge in [0.05, 0.1) is 5.39 Å². The molecule has 0 spiro atoms. The van der Waals surface area contributed by atoms with Crippen molar-refractivity contribution < 1.29 is 9.53 Å². The maximum absolute atomic E-state index is 13.2. The fourth-order valence-corrected chi connectivity index (χ4v) is 3.98. The Morgan fingerprint density at radius 2 is 1.89 bits per heavy atom. The Hall–Kier alpha value is -4.94. The fraction of sp³-hybridized carbons (Fsp3) is 0.143. The largest absolute Gasteiger partial charge is 0.381 e. The van der Waals surface area contributed by atoms with E-state index in [9.17, 15) is 9.59 Å². The summed E-state index contributed by atoms with van der Waals surface area (Å²) >= 11 is 0. The minimum absolute atomic E-state index is 0.0298. The van der Waals surface area contributed by atoms with Crippen molar-refractivity contribution in [1.82, 2.24) is 19.2 Å². The smallest absolute Gasteiger partial charge is 0.264 e. The van der Waals surface area contributed by atoms with Crippen LogP contribution in [0.25, 0.3) is 22.1 Å². The summed E-state index contributed by atoms with van der Waals surface area (Å²) in [4.78, 5) is 28.1. The average molecular weight is 495 g/mol. The Kier molecular flexibility index (Phi) is 7.62. The Bertz CT molecular complexity index is 1690. The number of fused-ring (bicyclic) bond motifs is 2. The molecule has 3 heterocycles. The lowest BCUT2D eigenvalue weighted by molar-refractivity contribution is 0.100. The summed E-state index contributed by atoms with van der Waals surface area (Å²) in [5.74, 6) is 5.48. The third-order valence-electron chi connectivity index (χ3n) is 5.61. The molecule has 3 aromatic heterocycles. The quantitative estimate of drug-likeness (QED) is 0.370. The van der Waals surface area contributed by atoms with E-state index in [1.165, 1.54) is 4.52 Å². The molecule has 0 aliphatic heterocycles. The van der Waals surface area contributed by atoms with E-state index in [0.717, 1.165) is 28.8 Å². The number of aryl methyl sites for hydroxylation is 1. The van der Waals surface area contributed by atoms with E-state index in [1.807, 2.05) is 48.5 Å². The third-order valence-corrected chi connectivity index (χ3v) is 5.61. The number of carbonyl (C=O) groups is 1. The Morgan fingerprint density at radius 3 is 2.59 bits per heavy atom. The molecule has 0 saturated carbocycles. The predicted octanol–water partition coefficient (Wildman–Crippen LogP) is 2.96. The lowest BCUT2D eigenvalue weighted by atomic mass is 10.0. The Labute approximate surface area is 213 Å². The Balaban J connectivity index is 0.000000207. The average Bonchev–Trinajstić information content (AvgIpc) is 3.25. The van der Waals surface area contributed by atoms with Gasteiger partial charge in [0.1, 0.15) is 12.2 Å². The molecule has 0 saturated heterocycles. The summed E-state index contributed by atoms with van der Waals surface area (Å²) in [6, 6.07) is 19.3. The van der Waals surface area contributed by atoms with E-state index >= 15 is 0 Å². The second kappa shape index (κ2) is 11.2. The Morgan fingerprint density at radius 1 is 1.11 bits per heavy atom. The maximum Gasteiger partial charge on any atom is 0.264 e. The number of aromatic nitrogens is 4. The minimum Gasteiger partial charge on any atom is -0.381 e. The van der Waals surface area contributed by atoms with Crippen molar-refractivity contribution in [1.29, 1.82) is 0 Å². The number of hydrogen-bond donors (Lipinski definition) is 2. The van der Waals surface area contributed by atoms with E-state index < -0.39 is 5.91 Å². The zero-order valence-corrected chi connectivity index (χ0v) is 20.5. The molecule has 9 heteroatoms. The zero-order chi connectivity index (χ0) is 26.4. The minimum atomic E-state index is -0.619. The number of nitrogens with zero attached hydrogens (tertiary/aromatic N) is 4. The van der Waals surface area contributed by atoms with Crippen molar-refractivity contribution >= 4 is 28.1 Å². The van der Waals surface area contributed by atoms with Crippen LogP contribution in [0, 0.1) is 11.8 Å². The van der Waals surface area contributed by atoms with Gasteiger partial charge >= 0.3 is 0 Å². The molecule has 0 fully saturated rings.